The summed E-state index contributed by atoms with van der Waals surface area (Å²) in [7, 11) is 0. The third-order valence-electron chi connectivity index (χ3n) is 14.0. The number of esters is 1. The van der Waals surface area contributed by atoms with E-state index in [1.165, 1.54) is 28.9 Å². The molecule has 0 spiro atoms. The molecule has 75 heavy (non-hydrogen) atoms. The quantitative estimate of drug-likeness (QED) is 0.0265. The van der Waals surface area contributed by atoms with Gasteiger partial charge < -0.3 is 51.4 Å². The number of hydrogen-bond donors (Lipinski definition) is 8. The lowest BCUT2D eigenvalue weighted by Gasteiger charge is -2.31. The van der Waals surface area contributed by atoms with Gasteiger partial charge in [-0.3, -0.25) is 48.1 Å². The fraction of sp³-hybridized carbons (Fsp3) is 0.404. The van der Waals surface area contributed by atoms with Crippen LogP contribution in [0.5, 0.6) is 0 Å². The maximum absolute atomic E-state index is 15.5. The van der Waals surface area contributed by atoms with Crippen molar-refractivity contribution in [3.05, 3.63) is 110 Å². The number of aliphatic hydroxyl groups excluding tert-OH is 1. The van der Waals surface area contributed by atoms with E-state index in [0.29, 0.717) is 58.9 Å². The molecule has 0 unspecified atom stereocenters. The molecule has 0 fully saturated rings. The van der Waals surface area contributed by atoms with Crippen LogP contribution >= 0.6 is 0 Å². The number of nitrogens with one attached hydrogen (secondary N) is 6. The number of ether oxygens (including phenoxy) is 1. The monoisotopic (exact) mass is 1030 g/mol. The van der Waals surface area contributed by atoms with Crippen LogP contribution in [0.15, 0.2) is 59.4 Å². The van der Waals surface area contributed by atoms with Crippen LogP contribution in [0.4, 0.5) is 4.39 Å². The van der Waals surface area contributed by atoms with Crippen LogP contribution in [0.1, 0.15) is 90.4 Å². The average Bonchev–Trinajstić information content (AvgIpc) is 3.93. The number of aromatic nitrogens is 2. The molecule has 0 bridgehead atoms. The van der Waals surface area contributed by atoms with E-state index < -0.39 is 103 Å². The van der Waals surface area contributed by atoms with Crippen LogP contribution in [0, 0.1) is 12.7 Å². The fourth-order valence-corrected chi connectivity index (χ4v) is 9.90. The van der Waals surface area contributed by atoms with Crippen LogP contribution in [0.2, 0.25) is 0 Å². The lowest BCUT2D eigenvalue weighted by molar-refractivity contribution is -0.172. The normalized spacial score (nSPS) is 17.8. The van der Waals surface area contributed by atoms with Crippen LogP contribution in [0.3, 0.4) is 0 Å². The number of benzene rings is 2. The molecular weight excluding hydrogens is 978 g/mol. The van der Waals surface area contributed by atoms with Crippen molar-refractivity contribution in [1.82, 2.24) is 46.4 Å². The molecular formula is C52H56FN9O13. The molecule has 5 heterocycles. The first kappa shape index (κ1) is 53.1. The molecule has 0 saturated heterocycles. The lowest BCUT2D eigenvalue weighted by Crippen LogP contribution is -2.54. The largest absolute Gasteiger partial charge is 0.458 e. The highest BCUT2D eigenvalue weighted by molar-refractivity contribution is 6.12. The van der Waals surface area contributed by atoms with E-state index in [1.54, 1.807) is 44.2 Å². The third-order valence-corrected chi connectivity index (χ3v) is 14.0. The predicted octanol–water partition coefficient (Wildman–Crippen LogP) is -0.331. The molecule has 1 aliphatic carbocycles. The number of cyclic esters (lactones) is 1. The number of aliphatic hydroxyl groups is 2. The summed E-state index contributed by atoms with van der Waals surface area (Å²) in [6.45, 7) is 0.547. The number of amides is 8. The molecule has 8 N–H and O–H groups in total. The summed E-state index contributed by atoms with van der Waals surface area (Å²) >= 11 is 0. The van der Waals surface area contributed by atoms with Gasteiger partial charge in [0, 0.05) is 54.1 Å². The van der Waals surface area contributed by atoms with Crippen molar-refractivity contribution in [3.63, 3.8) is 0 Å². The summed E-state index contributed by atoms with van der Waals surface area (Å²) in [4.78, 5) is 135. The minimum atomic E-state index is -2.09. The molecule has 2 aromatic carbocycles. The first-order chi connectivity index (χ1) is 35.9. The van der Waals surface area contributed by atoms with E-state index in [9.17, 15) is 58.2 Å². The summed E-state index contributed by atoms with van der Waals surface area (Å²) in [6, 6.07) is 7.87. The summed E-state index contributed by atoms with van der Waals surface area (Å²) in [6.07, 6.45) is 4.46. The molecule has 22 nitrogen and oxygen atoms in total. The van der Waals surface area contributed by atoms with Crippen molar-refractivity contribution < 1.29 is 62.5 Å². The highest BCUT2D eigenvalue weighted by atomic mass is 19.1. The molecule has 23 heteroatoms. The fourth-order valence-electron chi connectivity index (χ4n) is 9.90. The molecule has 4 aromatic rings. The molecule has 0 radical (unpaired) electrons. The smallest absolute Gasteiger partial charge is 0.343 e. The van der Waals surface area contributed by atoms with Gasteiger partial charge in [0.05, 0.1) is 61.3 Å². The second kappa shape index (κ2) is 22.5. The molecule has 8 rings (SSSR count). The van der Waals surface area contributed by atoms with Gasteiger partial charge in [0.1, 0.15) is 24.5 Å². The van der Waals surface area contributed by atoms with Gasteiger partial charge in [0.15, 0.2) is 5.60 Å². The van der Waals surface area contributed by atoms with Crippen molar-refractivity contribution in [3.8, 4) is 11.4 Å². The Morgan fingerprint density at radius 3 is 2.23 bits per heavy atom. The van der Waals surface area contributed by atoms with Crippen LogP contribution in [-0.4, -0.2) is 123 Å². The summed E-state index contributed by atoms with van der Waals surface area (Å²) < 4.78 is 22.1. The number of fused-ring (bicyclic) bond motifs is 5. The first-order valence-corrected chi connectivity index (χ1v) is 24.6. The van der Waals surface area contributed by atoms with Crippen LogP contribution in [-0.2, 0) is 79.5 Å². The Hall–Kier alpha value is -8.18. The van der Waals surface area contributed by atoms with Gasteiger partial charge in [-0.05, 0) is 67.3 Å². The number of pyridine rings is 2. The van der Waals surface area contributed by atoms with Gasteiger partial charge >= 0.3 is 5.97 Å². The van der Waals surface area contributed by atoms with Gasteiger partial charge in [0.2, 0.25) is 35.4 Å². The Balaban J connectivity index is 0.873. The van der Waals surface area contributed by atoms with Crippen molar-refractivity contribution in [1.29, 1.82) is 0 Å². The van der Waals surface area contributed by atoms with Crippen LogP contribution in [0.25, 0.3) is 22.3 Å². The van der Waals surface area contributed by atoms with E-state index in [2.05, 4.69) is 31.9 Å². The van der Waals surface area contributed by atoms with E-state index in [1.807, 2.05) is 0 Å². The third kappa shape index (κ3) is 11.2. The molecule has 8 amide bonds. The number of rotatable bonds is 21. The zero-order chi connectivity index (χ0) is 53.7. The van der Waals surface area contributed by atoms with E-state index in [-0.39, 0.29) is 85.2 Å². The maximum atomic E-state index is 15.5. The molecule has 4 atom stereocenters. The lowest BCUT2D eigenvalue weighted by atomic mass is 9.81. The topological polar surface area (TPSA) is 314 Å². The molecule has 2 aromatic heterocycles. The van der Waals surface area contributed by atoms with Gasteiger partial charge in [-0.2, -0.15) is 0 Å². The average molecular weight is 1030 g/mol. The molecule has 0 saturated carbocycles. The van der Waals surface area contributed by atoms with Gasteiger partial charge in [-0.1, -0.05) is 43.7 Å². The number of imide groups is 1. The Kier molecular flexibility index (Phi) is 15.9. The zero-order valence-electron chi connectivity index (χ0n) is 41.1. The predicted molar refractivity (Wildman–Crippen MR) is 263 cm³/mol. The van der Waals surface area contributed by atoms with Gasteiger partial charge in [-0.25, -0.2) is 14.2 Å². The zero-order valence-corrected chi connectivity index (χ0v) is 41.1. The number of halogens is 1. The second-order valence-electron chi connectivity index (χ2n) is 18.8. The van der Waals surface area contributed by atoms with E-state index >= 15 is 4.39 Å². The number of hydrogen-bond acceptors (Lipinski definition) is 14. The van der Waals surface area contributed by atoms with E-state index in [4.69, 9.17) is 9.72 Å². The van der Waals surface area contributed by atoms with Gasteiger partial charge in [-0.15, -0.1) is 0 Å². The maximum Gasteiger partial charge on any atom is 0.343 e. The first-order valence-electron chi connectivity index (χ1n) is 24.6. The highest BCUT2D eigenvalue weighted by Crippen LogP contribution is 2.46. The van der Waals surface area contributed by atoms with Gasteiger partial charge in [0.25, 0.3) is 17.4 Å². The minimum absolute atomic E-state index is 0.0197. The standard InChI is InChI=1S/C52H56FN9O13/c1-3-52(74)32-19-38-47-30(24-62(38)50(72)31(32)26-75-51(52)73)46-34(14-13-29-27(2)33(53)20-35(59-47)45(29)46)60-49(71)37(25-63)58-42(67)23-56-48(70)36(18-28-10-6-4-7-11-28)57-41(66)22-55-40(65)21-54-39(64)12-8-5-9-17-61-43(68)15-16-44(61)69/h4,6-7,10-11,15-16,19-20,34,36-37,63,74H,3,5,8-9,12-14,17-18,21-26H2,1-2H3,(H,54,64)(H,55,65)(H,56,70)(H,57,66)(H,58,67)(H,60,71)/t34-,36-,37-,52-/m0/s1. The Morgan fingerprint density at radius 2 is 1.52 bits per heavy atom. The summed E-state index contributed by atoms with van der Waals surface area (Å²) in [5.74, 6) is -6.48. The van der Waals surface area contributed by atoms with Crippen molar-refractivity contribution in [2.75, 3.05) is 32.8 Å². The van der Waals surface area contributed by atoms with Crippen molar-refractivity contribution >= 4 is 64.1 Å². The van der Waals surface area contributed by atoms with Crippen molar-refractivity contribution in [2.45, 2.75) is 102 Å². The molecule has 394 valence electrons. The number of carbonyl (C=O) groups is 9. The number of aryl methyl sites for hydroxylation is 1. The number of carbonyl (C=O) groups excluding carboxylic acids is 9. The van der Waals surface area contributed by atoms with Crippen molar-refractivity contribution in [2.24, 2.45) is 0 Å². The Labute approximate surface area is 427 Å². The summed E-state index contributed by atoms with van der Waals surface area (Å²) in [5.41, 5.74) is 1.16. The SMILES string of the molecule is CC[C@@]1(O)C(=O)OCc2c1cc1n(c2=O)Cc2c-1nc1cc(F)c(C)c3c1c2[C@@H](NC(=O)[C@H](CO)NC(=O)CNC(=O)[C@H](Cc1ccccc1)NC(=O)CNC(=O)CNC(=O)CCCCCN1C(=O)C=CC1=O)CC3. The van der Waals surface area contributed by atoms with Crippen LogP contribution < -0.4 is 37.5 Å². The number of unbranched alkanes of at least 4 members (excludes halogenated alkanes) is 2. The molecule has 3 aliphatic heterocycles. The Morgan fingerprint density at radius 1 is 0.840 bits per heavy atom. The Bertz CT molecular complexity index is 3110. The second-order valence-corrected chi connectivity index (χ2v) is 18.8. The number of nitrogens with zero attached hydrogens (tertiary/aromatic N) is 3. The molecule has 4 aliphatic rings. The summed E-state index contributed by atoms with van der Waals surface area (Å²) in [5, 5.41) is 37.5. The highest BCUT2D eigenvalue weighted by Gasteiger charge is 2.46. The minimum Gasteiger partial charge on any atom is -0.458 e. The van der Waals surface area contributed by atoms with E-state index in [0.717, 1.165) is 4.90 Å².